The number of rotatable bonds is 5. The molecule has 1 aliphatic carbocycles. The molecule has 2 nitrogen and oxygen atoms in total. The van der Waals surface area contributed by atoms with Crippen LogP contribution in [0.25, 0.3) is 0 Å². The van der Waals surface area contributed by atoms with E-state index in [0.717, 1.165) is 31.5 Å². The number of nitrogens with two attached hydrogens (primary N) is 1. The smallest absolute Gasteiger partial charge is 0.0469 e. The highest BCUT2D eigenvalue weighted by Gasteiger charge is 2.29. The summed E-state index contributed by atoms with van der Waals surface area (Å²) < 4.78 is 5.42. The minimum atomic E-state index is 0.417. The van der Waals surface area contributed by atoms with E-state index in [2.05, 4.69) is 20.8 Å². The third kappa shape index (κ3) is 4.12. The molecule has 0 radical (unpaired) electrons. The summed E-state index contributed by atoms with van der Waals surface area (Å²) in [6, 6.07) is 0.417. The second-order valence-electron chi connectivity index (χ2n) is 5.23. The van der Waals surface area contributed by atoms with Crippen LogP contribution in [0.3, 0.4) is 0 Å². The fraction of sp³-hybridized carbons (Fsp3) is 1.00. The van der Waals surface area contributed by atoms with Crippen molar-refractivity contribution in [1.82, 2.24) is 0 Å². The predicted molar refractivity (Wildman–Crippen MR) is 64.8 cm³/mol. The van der Waals surface area contributed by atoms with Crippen molar-refractivity contribution in [2.24, 2.45) is 23.5 Å². The van der Waals surface area contributed by atoms with Crippen molar-refractivity contribution < 1.29 is 4.74 Å². The average molecular weight is 213 g/mol. The summed E-state index contributed by atoms with van der Waals surface area (Å²) in [5.41, 5.74) is 6.17. The van der Waals surface area contributed by atoms with Crippen LogP contribution < -0.4 is 5.73 Å². The first kappa shape index (κ1) is 13.0. The summed E-state index contributed by atoms with van der Waals surface area (Å²) in [5, 5.41) is 0. The molecule has 2 N–H and O–H groups in total. The van der Waals surface area contributed by atoms with Gasteiger partial charge in [-0.05, 0) is 50.4 Å². The Kier molecular flexibility index (Phi) is 5.62. The van der Waals surface area contributed by atoms with E-state index < -0.39 is 0 Å². The fourth-order valence-electron chi connectivity index (χ4n) is 2.64. The van der Waals surface area contributed by atoms with E-state index in [0.29, 0.717) is 12.0 Å². The average Bonchev–Trinajstić information content (AvgIpc) is 2.20. The maximum absolute atomic E-state index is 6.17. The predicted octanol–water partition coefficient (Wildman–Crippen LogP) is 2.81. The summed E-state index contributed by atoms with van der Waals surface area (Å²) in [4.78, 5) is 0. The van der Waals surface area contributed by atoms with Gasteiger partial charge in [-0.3, -0.25) is 0 Å². The second-order valence-corrected chi connectivity index (χ2v) is 5.23. The Morgan fingerprint density at radius 2 is 2.07 bits per heavy atom. The van der Waals surface area contributed by atoms with Crippen LogP contribution in [0.2, 0.25) is 0 Å². The van der Waals surface area contributed by atoms with Crippen molar-refractivity contribution in [3.8, 4) is 0 Å². The summed E-state index contributed by atoms with van der Waals surface area (Å²) in [7, 11) is 0. The van der Waals surface area contributed by atoms with Crippen LogP contribution in [0, 0.1) is 17.8 Å². The van der Waals surface area contributed by atoms with Crippen molar-refractivity contribution in [2.45, 2.75) is 52.5 Å². The standard InChI is InChI=1S/C13H27NO/c1-4-15-8-7-12-9-11(10(2)3)5-6-13(12)14/h10-13H,4-9,14H2,1-3H3. The molecule has 0 amide bonds. The third-order valence-electron chi connectivity index (χ3n) is 3.86. The van der Waals surface area contributed by atoms with E-state index in [1.165, 1.54) is 19.3 Å². The number of hydrogen-bond donors (Lipinski definition) is 1. The fourth-order valence-corrected chi connectivity index (χ4v) is 2.64. The lowest BCUT2D eigenvalue weighted by atomic mass is 9.73. The van der Waals surface area contributed by atoms with Gasteiger partial charge in [0, 0.05) is 19.3 Å². The first-order valence-electron chi connectivity index (χ1n) is 6.48. The highest BCUT2D eigenvalue weighted by molar-refractivity contribution is 4.83. The normalized spacial score (nSPS) is 32.2. The molecule has 0 aromatic heterocycles. The van der Waals surface area contributed by atoms with Crippen molar-refractivity contribution in [3.63, 3.8) is 0 Å². The first-order valence-corrected chi connectivity index (χ1v) is 6.48. The molecule has 0 bridgehead atoms. The van der Waals surface area contributed by atoms with Crippen LogP contribution in [0.1, 0.15) is 46.5 Å². The van der Waals surface area contributed by atoms with Crippen molar-refractivity contribution in [2.75, 3.05) is 13.2 Å². The minimum Gasteiger partial charge on any atom is -0.382 e. The molecule has 3 atom stereocenters. The zero-order valence-electron chi connectivity index (χ0n) is 10.5. The van der Waals surface area contributed by atoms with Gasteiger partial charge >= 0.3 is 0 Å². The highest BCUT2D eigenvalue weighted by atomic mass is 16.5. The molecule has 0 heterocycles. The molecule has 1 fully saturated rings. The zero-order valence-corrected chi connectivity index (χ0v) is 10.5. The molecule has 2 heteroatoms. The maximum Gasteiger partial charge on any atom is 0.0469 e. The van der Waals surface area contributed by atoms with Crippen LogP contribution in [-0.2, 0) is 4.74 Å². The first-order chi connectivity index (χ1) is 7.15. The van der Waals surface area contributed by atoms with Gasteiger partial charge in [0.05, 0.1) is 0 Å². The van der Waals surface area contributed by atoms with E-state index in [1.54, 1.807) is 0 Å². The molecule has 0 aromatic carbocycles. The van der Waals surface area contributed by atoms with Gasteiger partial charge in [-0.1, -0.05) is 13.8 Å². The van der Waals surface area contributed by atoms with Crippen LogP contribution in [0.5, 0.6) is 0 Å². The van der Waals surface area contributed by atoms with Crippen LogP contribution >= 0.6 is 0 Å². The van der Waals surface area contributed by atoms with Gasteiger partial charge in [0.15, 0.2) is 0 Å². The molecule has 1 saturated carbocycles. The molecule has 3 unspecified atom stereocenters. The number of hydrogen-bond acceptors (Lipinski definition) is 2. The van der Waals surface area contributed by atoms with E-state index in [1.807, 2.05) is 0 Å². The quantitative estimate of drug-likeness (QED) is 0.713. The van der Waals surface area contributed by atoms with Gasteiger partial charge in [0.25, 0.3) is 0 Å². The summed E-state index contributed by atoms with van der Waals surface area (Å²) in [6.07, 6.45) is 4.99. The van der Waals surface area contributed by atoms with Gasteiger partial charge < -0.3 is 10.5 Å². The Bertz CT molecular complexity index is 170. The molecule has 90 valence electrons. The molecule has 0 saturated heterocycles. The lowest BCUT2D eigenvalue weighted by Gasteiger charge is -2.36. The maximum atomic E-state index is 6.17. The van der Waals surface area contributed by atoms with E-state index >= 15 is 0 Å². The Balaban J connectivity index is 2.32. The highest BCUT2D eigenvalue weighted by Crippen LogP contribution is 2.34. The Morgan fingerprint density at radius 3 is 2.67 bits per heavy atom. The van der Waals surface area contributed by atoms with Gasteiger partial charge in [-0.2, -0.15) is 0 Å². The van der Waals surface area contributed by atoms with E-state index in [4.69, 9.17) is 10.5 Å². The second kappa shape index (κ2) is 6.49. The molecule has 1 rings (SSSR count). The molecular weight excluding hydrogens is 186 g/mol. The van der Waals surface area contributed by atoms with Gasteiger partial charge in [0.2, 0.25) is 0 Å². The monoisotopic (exact) mass is 213 g/mol. The lowest BCUT2D eigenvalue weighted by molar-refractivity contribution is 0.104. The SMILES string of the molecule is CCOCCC1CC(C(C)C)CCC1N. The third-order valence-corrected chi connectivity index (χ3v) is 3.86. The van der Waals surface area contributed by atoms with Crippen LogP contribution in [-0.4, -0.2) is 19.3 Å². The van der Waals surface area contributed by atoms with E-state index in [-0.39, 0.29) is 0 Å². The molecule has 0 aliphatic heterocycles. The Labute approximate surface area is 94.6 Å². The van der Waals surface area contributed by atoms with Gasteiger partial charge in [0.1, 0.15) is 0 Å². The van der Waals surface area contributed by atoms with Crippen molar-refractivity contribution in [1.29, 1.82) is 0 Å². The number of ether oxygens (including phenoxy) is 1. The zero-order chi connectivity index (χ0) is 11.3. The summed E-state index contributed by atoms with van der Waals surface area (Å²) in [5.74, 6) is 2.39. The lowest BCUT2D eigenvalue weighted by Crippen LogP contribution is -2.38. The largest absolute Gasteiger partial charge is 0.382 e. The minimum absolute atomic E-state index is 0.417. The Hall–Kier alpha value is -0.0800. The molecule has 0 aromatic rings. The molecule has 1 aliphatic rings. The van der Waals surface area contributed by atoms with Crippen LogP contribution in [0.4, 0.5) is 0 Å². The van der Waals surface area contributed by atoms with Gasteiger partial charge in [-0.25, -0.2) is 0 Å². The van der Waals surface area contributed by atoms with Crippen LogP contribution in [0.15, 0.2) is 0 Å². The van der Waals surface area contributed by atoms with Crippen molar-refractivity contribution >= 4 is 0 Å². The van der Waals surface area contributed by atoms with Gasteiger partial charge in [-0.15, -0.1) is 0 Å². The molecule has 0 spiro atoms. The summed E-state index contributed by atoms with van der Waals surface area (Å²) in [6.45, 7) is 8.44. The Morgan fingerprint density at radius 1 is 1.33 bits per heavy atom. The molecular formula is C13H27NO. The van der Waals surface area contributed by atoms with E-state index in [9.17, 15) is 0 Å². The van der Waals surface area contributed by atoms with Crippen molar-refractivity contribution in [3.05, 3.63) is 0 Å². The molecule has 15 heavy (non-hydrogen) atoms. The summed E-state index contributed by atoms with van der Waals surface area (Å²) >= 11 is 0. The topological polar surface area (TPSA) is 35.2 Å².